The molecule has 0 aliphatic rings. The first kappa shape index (κ1) is 86.2. The number of carbonyl (C=O) groups excluding carboxylic acids is 1. The number of phosphoric acid groups is 1. The van der Waals surface area contributed by atoms with Crippen LogP contribution in [0.25, 0.3) is 0 Å². The summed E-state index contributed by atoms with van der Waals surface area (Å²) in [5, 5.41) is 14.0. The van der Waals surface area contributed by atoms with E-state index in [1.807, 2.05) is 27.2 Å². The fourth-order valence-corrected chi connectivity index (χ4v) is 13.4. The summed E-state index contributed by atoms with van der Waals surface area (Å²) in [5.74, 6) is -0.186. The fraction of sp³-hybridized carbons (Fsp3) is 0.962. The molecule has 8 nitrogen and oxygen atoms in total. The predicted molar refractivity (Wildman–Crippen MR) is 381 cm³/mol. The molecule has 0 aromatic heterocycles. The average molecular weight is 1250 g/mol. The van der Waals surface area contributed by atoms with Gasteiger partial charge in [0.05, 0.1) is 39.9 Å². The van der Waals surface area contributed by atoms with Crippen molar-refractivity contribution in [2.45, 2.75) is 443 Å². The number of amides is 1. The molecule has 0 aliphatic carbocycles. The molecule has 0 fully saturated rings. The zero-order chi connectivity index (χ0) is 63.4. The Bertz CT molecular complexity index is 1420. The highest BCUT2D eigenvalue weighted by Crippen LogP contribution is 2.38. The number of hydrogen-bond donors (Lipinski definition) is 2. The number of hydrogen-bond acceptors (Lipinski definition) is 6. The van der Waals surface area contributed by atoms with Crippen molar-refractivity contribution >= 4 is 13.7 Å². The molecule has 520 valence electrons. The third kappa shape index (κ3) is 72.5. The Labute approximate surface area is 545 Å². The quantitative estimate of drug-likeness (QED) is 0.0272. The van der Waals surface area contributed by atoms with Gasteiger partial charge in [-0.2, -0.15) is 0 Å². The van der Waals surface area contributed by atoms with Gasteiger partial charge in [-0.3, -0.25) is 9.36 Å². The van der Waals surface area contributed by atoms with E-state index in [0.717, 1.165) is 38.5 Å². The van der Waals surface area contributed by atoms with Gasteiger partial charge in [-0.1, -0.05) is 418 Å². The van der Waals surface area contributed by atoms with E-state index in [9.17, 15) is 19.4 Å². The molecule has 0 heterocycles. The second kappa shape index (κ2) is 69.6. The number of aliphatic hydroxyl groups is 1. The van der Waals surface area contributed by atoms with Crippen molar-refractivity contribution in [2.24, 2.45) is 0 Å². The Balaban J connectivity index is 3.88. The van der Waals surface area contributed by atoms with Crippen molar-refractivity contribution in [1.82, 2.24) is 5.32 Å². The van der Waals surface area contributed by atoms with Crippen LogP contribution in [0.4, 0.5) is 0 Å². The molecule has 2 N–H and O–H groups in total. The van der Waals surface area contributed by atoms with Gasteiger partial charge in [0.15, 0.2) is 0 Å². The monoisotopic (exact) mass is 1250 g/mol. The highest BCUT2D eigenvalue weighted by Gasteiger charge is 2.23. The smallest absolute Gasteiger partial charge is 0.268 e. The molecule has 0 radical (unpaired) electrons. The van der Waals surface area contributed by atoms with E-state index >= 15 is 0 Å². The largest absolute Gasteiger partial charge is 0.756 e. The zero-order valence-electron chi connectivity index (χ0n) is 59.8. The van der Waals surface area contributed by atoms with E-state index in [1.165, 1.54) is 372 Å². The summed E-state index contributed by atoms with van der Waals surface area (Å²) in [6.07, 6.45) is 91.0. The van der Waals surface area contributed by atoms with Gasteiger partial charge in [-0.15, -0.1) is 0 Å². The third-order valence-electron chi connectivity index (χ3n) is 18.7. The van der Waals surface area contributed by atoms with Crippen LogP contribution >= 0.6 is 7.82 Å². The number of allylic oxidation sites excluding steroid dienone is 1. The van der Waals surface area contributed by atoms with Crippen molar-refractivity contribution in [2.75, 3.05) is 40.9 Å². The number of quaternary nitrogens is 1. The highest BCUT2D eigenvalue weighted by atomic mass is 31.2. The molecule has 87 heavy (non-hydrogen) atoms. The van der Waals surface area contributed by atoms with Gasteiger partial charge in [0, 0.05) is 6.42 Å². The summed E-state index contributed by atoms with van der Waals surface area (Å²) in [6, 6.07) is -0.884. The Morgan fingerprint density at radius 2 is 0.621 bits per heavy atom. The van der Waals surface area contributed by atoms with Crippen LogP contribution in [0.1, 0.15) is 431 Å². The maximum Gasteiger partial charge on any atom is 0.268 e. The molecule has 0 aromatic rings. The molecule has 0 rings (SSSR count). The van der Waals surface area contributed by atoms with Crippen LogP contribution in [0, 0.1) is 0 Å². The number of likely N-dealkylation sites (N-methyl/N-ethyl adjacent to an activating group) is 1. The van der Waals surface area contributed by atoms with Gasteiger partial charge in [-0.25, -0.2) is 0 Å². The second-order valence-corrected chi connectivity index (χ2v) is 30.2. The molecule has 0 saturated heterocycles. The van der Waals surface area contributed by atoms with Crippen molar-refractivity contribution in [3.8, 4) is 0 Å². The number of nitrogens with one attached hydrogen (secondary N) is 1. The van der Waals surface area contributed by atoms with Crippen LogP contribution < -0.4 is 10.2 Å². The zero-order valence-corrected chi connectivity index (χ0v) is 60.7. The Hall–Kier alpha value is -0.760. The lowest BCUT2D eigenvalue weighted by Crippen LogP contribution is -2.45. The second-order valence-electron chi connectivity index (χ2n) is 28.8. The van der Waals surface area contributed by atoms with Gasteiger partial charge in [0.1, 0.15) is 13.2 Å². The van der Waals surface area contributed by atoms with E-state index in [4.69, 9.17) is 9.05 Å². The summed E-state index contributed by atoms with van der Waals surface area (Å²) in [5.41, 5.74) is 0. The molecule has 0 bridgehead atoms. The molecule has 3 unspecified atom stereocenters. The molecule has 0 spiro atoms. The van der Waals surface area contributed by atoms with Crippen molar-refractivity contribution in [1.29, 1.82) is 0 Å². The van der Waals surface area contributed by atoms with Crippen LogP contribution in [-0.4, -0.2) is 68.5 Å². The van der Waals surface area contributed by atoms with Crippen LogP contribution in [0.15, 0.2) is 12.2 Å². The van der Waals surface area contributed by atoms with Gasteiger partial charge >= 0.3 is 0 Å². The summed E-state index contributed by atoms with van der Waals surface area (Å²) < 4.78 is 23.5. The average Bonchev–Trinajstić information content (AvgIpc) is 3.70. The van der Waals surface area contributed by atoms with Crippen molar-refractivity contribution < 1.29 is 32.9 Å². The van der Waals surface area contributed by atoms with Gasteiger partial charge in [0.2, 0.25) is 5.91 Å². The summed E-state index contributed by atoms with van der Waals surface area (Å²) >= 11 is 0. The molecular weight excluding hydrogens is 1090 g/mol. The molecule has 0 saturated carbocycles. The number of carbonyl (C=O) groups is 1. The Morgan fingerprint density at radius 1 is 0.391 bits per heavy atom. The van der Waals surface area contributed by atoms with Crippen LogP contribution in [0.3, 0.4) is 0 Å². The molecule has 9 heteroatoms. The van der Waals surface area contributed by atoms with E-state index < -0.39 is 20.0 Å². The molecule has 1 amide bonds. The van der Waals surface area contributed by atoms with Crippen LogP contribution in [-0.2, 0) is 18.4 Å². The van der Waals surface area contributed by atoms with Gasteiger partial charge in [-0.05, 0) is 19.3 Å². The number of unbranched alkanes of at least 4 members (excludes halogenated alkanes) is 62. The summed E-state index contributed by atoms with van der Waals surface area (Å²) in [7, 11) is 1.29. The number of aliphatic hydroxyl groups excluding tert-OH is 1. The SMILES string of the molecule is CCCCCCCCCCCCCCCCCCCCCCCCC/C=C/C(O)C(COP(=O)([O-])OCC[N+](C)(C)C)NC(=O)CCCCCCCCCCCCCCCCCCCCCCCCCCCCCCCCCCCCCCCCCC. The van der Waals surface area contributed by atoms with Crippen molar-refractivity contribution in [3.63, 3.8) is 0 Å². The first-order valence-electron chi connectivity index (χ1n) is 39.6. The van der Waals surface area contributed by atoms with Crippen LogP contribution in [0.5, 0.6) is 0 Å². The molecular formula is C78H157N2O6P. The number of nitrogens with zero attached hydrogens (tertiary/aromatic N) is 1. The normalized spacial score (nSPS) is 13.5. The molecule has 0 aliphatic heterocycles. The topological polar surface area (TPSA) is 108 Å². The van der Waals surface area contributed by atoms with E-state index in [2.05, 4.69) is 19.2 Å². The maximum atomic E-state index is 13.1. The van der Waals surface area contributed by atoms with E-state index in [0.29, 0.717) is 17.4 Å². The lowest BCUT2D eigenvalue weighted by atomic mass is 10.0. The predicted octanol–water partition coefficient (Wildman–Crippen LogP) is 25.0. The van der Waals surface area contributed by atoms with Crippen LogP contribution in [0.2, 0.25) is 0 Å². The first-order chi connectivity index (χ1) is 42.5. The Morgan fingerprint density at radius 3 is 0.862 bits per heavy atom. The number of rotatable bonds is 75. The minimum absolute atomic E-state index is 0.00310. The number of phosphoric ester groups is 1. The van der Waals surface area contributed by atoms with E-state index in [-0.39, 0.29) is 19.1 Å². The minimum atomic E-state index is -4.60. The Kier molecular flexibility index (Phi) is 69.0. The minimum Gasteiger partial charge on any atom is -0.756 e. The highest BCUT2D eigenvalue weighted by molar-refractivity contribution is 7.45. The third-order valence-corrected chi connectivity index (χ3v) is 19.7. The lowest BCUT2D eigenvalue weighted by molar-refractivity contribution is -0.870. The van der Waals surface area contributed by atoms with Crippen molar-refractivity contribution in [3.05, 3.63) is 12.2 Å². The fourth-order valence-electron chi connectivity index (χ4n) is 12.6. The molecule has 3 atom stereocenters. The molecule has 0 aromatic carbocycles. The maximum absolute atomic E-state index is 13.1. The van der Waals surface area contributed by atoms with Gasteiger partial charge in [0.25, 0.3) is 7.82 Å². The first-order valence-corrected chi connectivity index (χ1v) is 41.0. The summed E-state index contributed by atoms with van der Waals surface area (Å²) in [6.45, 7) is 4.73. The lowest BCUT2D eigenvalue weighted by Gasteiger charge is -2.29. The standard InChI is InChI=1S/C78H157N2O6P/c1-6-8-10-12-14-16-18-20-22-24-26-28-30-32-33-34-35-36-37-38-39-40-41-42-43-44-45-46-48-50-52-54-56-58-60-62-64-66-68-70-72-78(82)79-76(75-86-87(83,84)85-74-73-80(3,4)5)77(81)71-69-67-65-63-61-59-57-55-53-51-49-47-31-29-27-25-23-21-19-17-15-13-11-9-7-2/h69,71,76-77,81H,6-68,70,72-75H2,1-5H3,(H-,79,82,83,84)/b71-69+. The summed E-state index contributed by atoms with van der Waals surface area (Å²) in [4.78, 5) is 25.7. The van der Waals surface area contributed by atoms with E-state index in [1.54, 1.807) is 6.08 Å². The van der Waals surface area contributed by atoms with Gasteiger partial charge < -0.3 is 28.8 Å².